The largest absolute Gasteiger partial charge is 0.310 e. The van der Waals surface area contributed by atoms with Crippen LogP contribution in [0.3, 0.4) is 0 Å². The monoisotopic (exact) mass is 705 g/mol. The van der Waals surface area contributed by atoms with E-state index < -0.39 is 0 Å². The predicted octanol–water partition coefficient (Wildman–Crippen LogP) is 14.8. The zero-order valence-corrected chi connectivity index (χ0v) is 31.8. The Morgan fingerprint density at radius 1 is 0.273 bits per heavy atom. The van der Waals surface area contributed by atoms with Gasteiger partial charge >= 0.3 is 0 Å². The Kier molecular flexibility index (Phi) is 7.58. The normalized spacial score (nSPS) is 14.1. The second kappa shape index (κ2) is 12.6. The molecule has 1 heteroatoms. The number of rotatable bonds is 6. The van der Waals surface area contributed by atoms with Crippen LogP contribution in [-0.4, -0.2) is 0 Å². The van der Waals surface area contributed by atoms with Gasteiger partial charge in [0.1, 0.15) is 0 Å². The number of benzene rings is 8. The Labute approximate surface area is 325 Å². The fourth-order valence-corrected chi connectivity index (χ4v) is 9.30. The van der Waals surface area contributed by atoms with Crippen LogP contribution in [0.15, 0.2) is 188 Å². The van der Waals surface area contributed by atoms with E-state index in [-0.39, 0.29) is 10.8 Å². The first-order chi connectivity index (χ1) is 26.8. The summed E-state index contributed by atoms with van der Waals surface area (Å²) in [7, 11) is 0. The first-order valence-corrected chi connectivity index (χ1v) is 19.4. The molecule has 0 N–H and O–H groups in total. The van der Waals surface area contributed by atoms with Crippen molar-refractivity contribution in [1.82, 2.24) is 0 Å². The molecule has 8 aromatic rings. The van der Waals surface area contributed by atoms with Crippen LogP contribution < -0.4 is 4.90 Å². The summed E-state index contributed by atoms with van der Waals surface area (Å²) in [6.45, 7) is 9.46. The molecule has 55 heavy (non-hydrogen) atoms. The van der Waals surface area contributed by atoms with Crippen molar-refractivity contribution in [1.29, 1.82) is 0 Å². The van der Waals surface area contributed by atoms with Crippen LogP contribution >= 0.6 is 0 Å². The molecule has 0 saturated heterocycles. The minimum Gasteiger partial charge on any atom is -0.310 e. The molecule has 0 fully saturated rings. The molecule has 0 aliphatic heterocycles. The highest BCUT2D eigenvalue weighted by Crippen LogP contribution is 2.52. The minimum atomic E-state index is -0.0838. The maximum absolute atomic E-state index is 2.45. The topological polar surface area (TPSA) is 3.24 Å². The average Bonchev–Trinajstić information content (AvgIpc) is 3.61. The van der Waals surface area contributed by atoms with Gasteiger partial charge < -0.3 is 4.90 Å². The van der Waals surface area contributed by atoms with Gasteiger partial charge in [-0.2, -0.15) is 0 Å². The quantitative estimate of drug-likeness (QED) is 0.166. The summed E-state index contributed by atoms with van der Waals surface area (Å²) in [6.07, 6.45) is 0. The van der Waals surface area contributed by atoms with E-state index in [9.17, 15) is 0 Å². The van der Waals surface area contributed by atoms with Gasteiger partial charge in [-0.15, -0.1) is 0 Å². The lowest BCUT2D eigenvalue weighted by Gasteiger charge is -2.27. The summed E-state index contributed by atoms with van der Waals surface area (Å²) < 4.78 is 0. The molecule has 10 rings (SSSR count). The van der Waals surface area contributed by atoms with Gasteiger partial charge in [-0.3, -0.25) is 0 Å². The van der Waals surface area contributed by atoms with Crippen LogP contribution in [0, 0.1) is 0 Å². The van der Waals surface area contributed by atoms with Crippen molar-refractivity contribution >= 4 is 17.1 Å². The highest BCUT2D eigenvalue weighted by molar-refractivity contribution is 5.90. The zero-order chi connectivity index (χ0) is 37.3. The third kappa shape index (κ3) is 5.37. The van der Waals surface area contributed by atoms with Crippen molar-refractivity contribution in [3.63, 3.8) is 0 Å². The maximum Gasteiger partial charge on any atom is 0.0473 e. The van der Waals surface area contributed by atoms with Crippen molar-refractivity contribution < 1.29 is 0 Å². The highest BCUT2D eigenvalue weighted by Gasteiger charge is 2.36. The lowest BCUT2D eigenvalue weighted by molar-refractivity contribution is 0.660. The van der Waals surface area contributed by atoms with Gasteiger partial charge in [0.25, 0.3) is 0 Å². The standard InChI is InChI=1S/C54H43N/c1-53(2)49-21-13-11-19-45(49)47-29-25-38(34-51(47)53)40-31-41(39-26-30-48-46-20-12-14-22-50(46)54(3,4)52(48)35-39)33-44(32-40)55(42-17-9-6-10-18-42)43-27-23-37(24-28-43)36-15-7-5-8-16-36/h5-35H,1-4H3. The van der Waals surface area contributed by atoms with Crippen LogP contribution in [0.2, 0.25) is 0 Å². The van der Waals surface area contributed by atoms with Gasteiger partial charge in [0.05, 0.1) is 0 Å². The molecular formula is C54H43N. The fraction of sp³-hybridized carbons (Fsp3) is 0.111. The number of anilines is 3. The Hall–Kier alpha value is -6.44. The third-order valence-electron chi connectivity index (χ3n) is 12.3. The number of nitrogens with zero attached hydrogens (tertiary/aromatic N) is 1. The summed E-state index contributed by atoms with van der Waals surface area (Å²) in [6, 6.07) is 69.6. The van der Waals surface area contributed by atoms with Gasteiger partial charge in [-0.25, -0.2) is 0 Å². The van der Waals surface area contributed by atoms with Crippen molar-refractivity contribution in [3.05, 3.63) is 210 Å². The van der Waals surface area contributed by atoms with E-state index in [4.69, 9.17) is 0 Å². The second-order valence-electron chi connectivity index (χ2n) is 16.2. The van der Waals surface area contributed by atoms with E-state index in [1.807, 2.05) is 0 Å². The van der Waals surface area contributed by atoms with Gasteiger partial charge in [0.2, 0.25) is 0 Å². The summed E-state index contributed by atoms with van der Waals surface area (Å²) in [5.41, 5.74) is 21.4. The van der Waals surface area contributed by atoms with E-state index in [2.05, 4.69) is 221 Å². The number of fused-ring (bicyclic) bond motifs is 6. The van der Waals surface area contributed by atoms with Gasteiger partial charge in [0.15, 0.2) is 0 Å². The molecule has 0 saturated carbocycles. The molecule has 0 bridgehead atoms. The minimum absolute atomic E-state index is 0.0838. The van der Waals surface area contributed by atoms with E-state index in [0.29, 0.717) is 0 Å². The molecule has 0 amide bonds. The van der Waals surface area contributed by atoms with Gasteiger partial charge in [0, 0.05) is 27.9 Å². The number of para-hydroxylation sites is 1. The Morgan fingerprint density at radius 2 is 0.673 bits per heavy atom. The average molecular weight is 706 g/mol. The van der Waals surface area contributed by atoms with E-state index in [1.165, 1.54) is 77.9 Å². The van der Waals surface area contributed by atoms with Crippen molar-refractivity contribution in [2.24, 2.45) is 0 Å². The summed E-state index contributed by atoms with van der Waals surface area (Å²) in [5.74, 6) is 0. The number of hydrogen-bond donors (Lipinski definition) is 0. The van der Waals surface area contributed by atoms with Crippen molar-refractivity contribution in [2.75, 3.05) is 4.90 Å². The highest BCUT2D eigenvalue weighted by atomic mass is 15.1. The molecule has 0 spiro atoms. The van der Waals surface area contributed by atoms with Crippen molar-refractivity contribution in [3.8, 4) is 55.6 Å². The summed E-state index contributed by atoms with van der Waals surface area (Å²) in [5, 5.41) is 0. The molecule has 0 atom stereocenters. The molecular weight excluding hydrogens is 663 g/mol. The van der Waals surface area contributed by atoms with Crippen molar-refractivity contribution in [2.45, 2.75) is 38.5 Å². The molecule has 1 nitrogen and oxygen atoms in total. The first kappa shape index (κ1) is 33.2. The Bertz CT molecular complexity index is 2610. The molecule has 264 valence electrons. The van der Waals surface area contributed by atoms with Gasteiger partial charge in [-0.05, 0) is 132 Å². The zero-order valence-electron chi connectivity index (χ0n) is 31.8. The molecule has 8 aromatic carbocycles. The van der Waals surface area contributed by atoms with Crippen LogP contribution in [0.4, 0.5) is 17.1 Å². The summed E-state index contributed by atoms with van der Waals surface area (Å²) in [4.78, 5) is 2.40. The molecule has 0 radical (unpaired) electrons. The summed E-state index contributed by atoms with van der Waals surface area (Å²) >= 11 is 0. The van der Waals surface area contributed by atoms with Crippen LogP contribution in [0.25, 0.3) is 55.6 Å². The second-order valence-corrected chi connectivity index (χ2v) is 16.2. The van der Waals surface area contributed by atoms with Crippen LogP contribution in [-0.2, 0) is 10.8 Å². The lowest BCUT2D eigenvalue weighted by Crippen LogP contribution is -2.15. The first-order valence-electron chi connectivity index (χ1n) is 19.4. The van der Waals surface area contributed by atoms with E-state index in [1.54, 1.807) is 0 Å². The maximum atomic E-state index is 2.45. The molecule has 0 aromatic heterocycles. The van der Waals surface area contributed by atoms with Gasteiger partial charge in [-0.1, -0.05) is 161 Å². The van der Waals surface area contributed by atoms with E-state index in [0.717, 1.165) is 17.1 Å². The SMILES string of the molecule is CC1(C)c2ccccc2-c2ccc(-c3cc(-c4ccc5c(c4)C(C)(C)c4ccccc4-5)cc(N(c4ccccc4)c4ccc(-c5ccccc5)cc4)c3)cc21. The predicted molar refractivity (Wildman–Crippen MR) is 233 cm³/mol. The Morgan fingerprint density at radius 3 is 1.20 bits per heavy atom. The smallest absolute Gasteiger partial charge is 0.0473 e. The molecule has 0 heterocycles. The molecule has 0 unspecified atom stereocenters. The Balaban J connectivity index is 1.17. The van der Waals surface area contributed by atoms with Crippen LogP contribution in [0.1, 0.15) is 49.9 Å². The molecule has 2 aliphatic carbocycles. The molecule has 2 aliphatic rings. The fourth-order valence-electron chi connectivity index (χ4n) is 9.30. The number of hydrogen-bond acceptors (Lipinski definition) is 1. The van der Waals surface area contributed by atoms with E-state index >= 15 is 0 Å². The third-order valence-corrected chi connectivity index (χ3v) is 12.3. The lowest BCUT2D eigenvalue weighted by atomic mass is 9.81. The van der Waals surface area contributed by atoms with Crippen LogP contribution in [0.5, 0.6) is 0 Å².